The number of amides is 1. The number of carbonyl (C=O) groups is 1. The number of nitrogens with zero attached hydrogens (tertiary/aromatic N) is 2. The maximum Gasteiger partial charge on any atom is 0.242 e. The predicted molar refractivity (Wildman–Crippen MR) is 78.5 cm³/mol. The molecule has 2 heterocycles. The van der Waals surface area contributed by atoms with E-state index in [1.165, 1.54) is 25.7 Å². The summed E-state index contributed by atoms with van der Waals surface area (Å²) >= 11 is 0. The van der Waals surface area contributed by atoms with Gasteiger partial charge in [0.15, 0.2) is 0 Å². The Balaban J connectivity index is 1.63. The first kappa shape index (κ1) is 13.6. The van der Waals surface area contributed by atoms with E-state index in [-0.39, 0.29) is 18.0 Å². The summed E-state index contributed by atoms with van der Waals surface area (Å²) in [6.07, 6.45) is 7.81. The van der Waals surface area contributed by atoms with Gasteiger partial charge in [0.05, 0.1) is 12.2 Å². The molecule has 5 heteroatoms. The first-order chi connectivity index (χ1) is 9.65. The van der Waals surface area contributed by atoms with Crippen LogP contribution in [-0.2, 0) is 4.79 Å². The second kappa shape index (κ2) is 5.56. The molecular weight excluding hydrogens is 252 g/mol. The van der Waals surface area contributed by atoms with Gasteiger partial charge in [0, 0.05) is 18.2 Å². The van der Waals surface area contributed by atoms with Crippen LogP contribution >= 0.6 is 0 Å². The first-order valence-electron chi connectivity index (χ1n) is 7.75. The van der Waals surface area contributed by atoms with Crippen LogP contribution in [0.1, 0.15) is 52.0 Å². The molecule has 1 aromatic heterocycles. The fraction of sp³-hybridized carbons (Fsp3) is 0.733. The van der Waals surface area contributed by atoms with Crippen LogP contribution in [0.3, 0.4) is 0 Å². The molecule has 2 fully saturated rings. The number of nitrogens with one attached hydrogen (secondary N) is 2. The molecule has 0 spiro atoms. The first-order valence-corrected chi connectivity index (χ1v) is 7.75. The lowest BCUT2D eigenvalue weighted by Crippen LogP contribution is -2.40. The molecule has 2 aliphatic rings. The molecule has 1 aliphatic heterocycles. The Kier molecular flexibility index (Phi) is 3.78. The highest BCUT2D eigenvalue weighted by atomic mass is 16.2. The molecule has 3 unspecified atom stereocenters. The van der Waals surface area contributed by atoms with Gasteiger partial charge in [-0.05, 0) is 39.0 Å². The van der Waals surface area contributed by atoms with E-state index in [9.17, 15) is 4.79 Å². The molecule has 1 amide bonds. The van der Waals surface area contributed by atoms with Crippen molar-refractivity contribution in [2.24, 2.45) is 5.92 Å². The Morgan fingerprint density at radius 1 is 1.45 bits per heavy atom. The van der Waals surface area contributed by atoms with Crippen molar-refractivity contribution in [2.75, 3.05) is 5.32 Å². The molecule has 20 heavy (non-hydrogen) atoms. The lowest BCUT2D eigenvalue weighted by atomic mass is 9.85. The summed E-state index contributed by atoms with van der Waals surface area (Å²) in [5.74, 6) is 1.57. The summed E-state index contributed by atoms with van der Waals surface area (Å²) in [5.41, 5.74) is 0. The Morgan fingerprint density at radius 3 is 3.00 bits per heavy atom. The zero-order valence-corrected chi connectivity index (χ0v) is 12.3. The van der Waals surface area contributed by atoms with Crippen LogP contribution in [0.15, 0.2) is 12.3 Å². The van der Waals surface area contributed by atoms with E-state index < -0.39 is 0 Å². The highest BCUT2D eigenvalue weighted by Gasteiger charge is 2.38. The lowest BCUT2D eigenvalue weighted by molar-refractivity contribution is -0.117. The van der Waals surface area contributed by atoms with Crippen molar-refractivity contribution in [3.8, 4) is 0 Å². The van der Waals surface area contributed by atoms with Crippen molar-refractivity contribution in [1.82, 2.24) is 15.1 Å². The van der Waals surface area contributed by atoms with Crippen LogP contribution in [0.5, 0.6) is 0 Å². The Morgan fingerprint density at radius 2 is 2.25 bits per heavy atom. The van der Waals surface area contributed by atoms with E-state index >= 15 is 0 Å². The standard InChI is InChI=1S/C15H24N4O/c1-10(2)19-14(7-8-16-19)18-15(20)13-9-11-5-3-4-6-12(11)17-13/h7-8,10-13,17H,3-6,9H2,1-2H3,(H,18,20). The Hall–Kier alpha value is -1.36. The maximum absolute atomic E-state index is 12.4. The average Bonchev–Trinajstić information content (AvgIpc) is 3.03. The summed E-state index contributed by atoms with van der Waals surface area (Å²) in [4.78, 5) is 12.4. The van der Waals surface area contributed by atoms with Crippen molar-refractivity contribution in [2.45, 2.75) is 64.1 Å². The molecule has 0 bridgehead atoms. The minimum atomic E-state index is -0.0430. The van der Waals surface area contributed by atoms with E-state index in [1.54, 1.807) is 6.20 Å². The van der Waals surface area contributed by atoms with Crippen LogP contribution in [0.4, 0.5) is 5.82 Å². The summed E-state index contributed by atoms with van der Waals surface area (Å²) < 4.78 is 1.85. The number of anilines is 1. The third-order valence-electron chi connectivity index (χ3n) is 4.59. The molecule has 3 rings (SSSR count). The smallest absolute Gasteiger partial charge is 0.242 e. The molecule has 1 saturated carbocycles. The molecule has 5 nitrogen and oxygen atoms in total. The van der Waals surface area contributed by atoms with Crippen LogP contribution in [0.25, 0.3) is 0 Å². The topological polar surface area (TPSA) is 59.0 Å². The van der Waals surface area contributed by atoms with Gasteiger partial charge in [-0.3, -0.25) is 4.79 Å². The molecule has 1 aliphatic carbocycles. The molecule has 110 valence electrons. The lowest BCUT2D eigenvalue weighted by Gasteiger charge is -2.24. The van der Waals surface area contributed by atoms with Crippen molar-refractivity contribution >= 4 is 11.7 Å². The molecule has 1 saturated heterocycles. The van der Waals surface area contributed by atoms with E-state index in [1.807, 2.05) is 10.7 Å². The number of hydrogen-bond donors (Lipinski definition) is 2. The minimum Gasteiger partial charge on any atom is -0.310 e. The number of aromatic nitrogens is 2. The highest BCUT2D eigenvalue weighted by Crippen LogP contribution is 2.33. The zero-order valence-electron chi connectivity index (χ0n) is 12.3. The Bertz CT molecular complexity index is 468. The van der Waals surface area contributed by atoms with Gasteiger partial charge in [0.1, 0.15) is 5.82 Å². The third kappa shape index (κ3) is 2.59. The normalized spacial score (nSPS) is 29.4. The zero-order chi connectivity index (χ0) is 14.1. The molecule has 2 N–H and O–H groups in total. The monoisotopic (exact) mass is 276 g/mol. The van der Waals surface area contributed by atoms with Gasteiger partial charge < -0.3 is 10.6 Å². The second-order valence-corrected chi connectivity index (χ2v) is 6.35. The fourth-order valence-corrected chi connectivity index (χ4v) is 3.56. The maximum atomic E-state index is 12.4. The minimum absolute atomic E-state index is 0.0430. The van der Waals surface area contributed by atoms with Gasteiger partial charge in [-0.1, -0.05) is 12.8 Å². The van der Waals surface area contributed by atoms with Gasteiger partial charge in [-0.2, -0.15) is 5.10 Å². The van der Waals surface area contributed by atoms with E-state index in [0.29, 0.717) is 12.0 Å². The molecule has 1 aromatic rings. The predicted octanol–water partition coefficient (Wildman–Crippen LogP) is 2.32. The van der Waals surface area contributed by atoms with Gasteiger partial charge in [0.25, 0.3) is 0 Å². The highest BCUT2D eigenvalue weighted by molar-refractivity contribution is 5.94. The molecular formula is C15H24N4O. The quantitative estimate of drug-likeness (QED) is 0.890. The fourth-order valence-electron chi connectivity index (χ4n) is 3.56. The second-order valence-electron chi connectivity index (χ2n) is 6.35. The van der Waals surface area contributed by atoms with Crippen molar-refractivity contribution in [3.63, 3.8) is 0 Å². The van der Waals surface area contributed by atoms with E-state index in [0.717, 1.165) is 12.2 Å². The Labute approximate surface area is 120 Å². The van der Waals surface area contributed by atoms with Crippen LogP contribution in [0.2, 0.25) is 0 Å². The molecule has 3 atom stereocenters. The van der Waals surface area contributed by atoms with Gasteiger partial charge in [-0.15, -0.1) is 0 Å². The van der Waals surface area contributed by atoms with Crippen LogP contribution in [0, 0.1) is 5.92 Å². The summed E-state index contributed by atoms with van der Waals surface area (Å²) in [6, 6.07) is 2.62. The number of hydrogen-bond acceptors (Lipinski definition) is 3. The van der Waals surface area contributed by atoms with Gasteiger partial charge >= 0.3 is 0 Å². The molecule has 0 aromatic carbocycles. The van der Waals surface area contributed by atoms with Gasteiger partial charge in [-0.25, -0.2) is 4.68 Å². The number of carbonyl (C=O) groups excluding carboxylic acids is 1. The van der Waals surface area contributed by atoms with Crippen molar-refractivity contribution < 1.29 is 4.79 Å². The average molecular weight is 276 g/mol. The van der Waals surface area contributed by atoms with E-state index in [4.69, 9.17) is 0 Å². The number of rotatable bonds is 3. The SMILES string of the molecule is CC(C)n1nccc1NC(=O)C1CC2CCCCC2N1. The third-order valence-corrected chi connectivity index (χ3v) is 4.59. The van der Waals surface area contributed by atoms with Gasteiger partial charge in [0.2, 0.25) is 5.91 Å². The van der Waals surface area contributed by atoms with E-state index in [2.05, 4.69) is 29.6 Å². The van der Waals surface area contributed by atoms with Crippen molar-refractivity contribution in [1.29, 1.82) is 0 Å². The summed E-state index contributed by atoms with van der Waals surface area (Å²) in [7, 11) is 0. The van der Waals surface area contributed by atoms with Crippen molar-refractivity contribution in [3.05, 3.63) is 12.3 Å². The summed E-state index contributed by atoms with van der Waals surface area (Å²) in [6.45, 7) is 4.12. The number of fused-ring (bicyclic) bond motifs is 1. The largest absolute Gasteiger partial charge is 0.310 e. The molecule has 0 radical (unpaired) electrons. The summed E-state index contributed by atoms with van der Waals surface area (Å²) in [5, 5.41) is 10.8. The van der Waals surface area contributed by atoms with Crippen LogP contribution < -0.4 is 10.6 Å². The van der Waals surface area contributed by atoms with Crippen LogP contribution in [-0.4, -0.2) is 27.8 Å².